The van der Waals surface area contributed by atoms with Gasteiger partial charge in [-0.05, 0) is 6.07 Å². The fraction of sp³-hybridized carbons (Fsp3) is 0.125. The molecule has 3 nitrogen and oxygen atoms in total. The van der Waals surface area contributed by atoms with Crippen LogP contribution in [-0.2, 0) is 0 Å². The van der Waals surface area contributed by atoms with Crippen LogP contribution in [0.15, 0.2) is 18.5 Å². The number of halogens is 1. The Morgan fingerprint density at radius 2 is 2.42 bits per heavy atom. The molecule has 4 heteroatoms. The number of hydrogen-bond acceptors (Lipinski definition) is 2. The monoisotopic (exact) mass is 181 g/mol. The molecule has 0 saturated heterocycles. The van der Waals surface area contributed by atoms with Gasteiger partial charge in [-0.3, -0.25) is 0 Å². The molecule has 62 valence electrons. The molecule has 2 aromatic rings. The van der Waals surface area contributed by atoms with Gasteiger partial charge >= 0.3 is 0 Å². The lowest BCUT2D eigenvalue weighted by Crippen LogP contribution is -1.88. The van der Waals surface area contributed by atoms with Crippen molar-refractivity contribution in [1.82, 2.24) is 9.97 Å². The molecule has 12 heavy (non-hydrogen) atoms. The number of nitrogens with zero attached hydrogens (tertiary/aromatic N) is 1. The van der Waals surface area contributed by atoms with Crippen LogP contribution in [0.2, 0.25) is 5.02 Å². The summed E-state index contributed by atoms with van der Waals surface area (Å²) in [6, 6.07) is 1.96. The molecule has 2 rings (SSSR count). The lowest BCUT2D eigenvalue weighted by Gasteiger charge is -1.97. The summed E-state index contributed by atoms with van der Waals surface area (Å²) in [5.74, 6) is 0. The van der Waals surface area contributed by atoms with Crippen molar-refractivity contribution in [3.8, 4) is 0 Å². The summed E-state index contributed by atoms with van der Waals surface area (Å²) in [6.45, 7) is 0. The van der Waals surface area contributed by atoms with Crippen LogP contribution in [0.5, 0.6) is 0 Å². The highest BCUT2D eigenvalue weighted by Gasteiger charge is 2.01. The Bertz CT molecular complexity index is 408. The third-order valence-electron chi connectivity index (χ3n) is 1.77. The van der Waals surface area contributed by atoms with E-state index in [1.807, 2.05) is 13.1 Å². The zero-order valence-corrected chi connectivity index (χ0v) is 7.31. The molecule has 0 aliphatic heterocycles. The maximum absolute atomic E-state index is 5.90. The van der Waals surface area contributed by atoms with Crippen molar-refractivity contribution in [2.24, 2.45) is 0 Å². The highest BCUT2D eigenvalue weighted by Crippen LogP contribution is 2.23. The first kappa shape index (κ1) is 7.43. The van der Waals surface area contributed by atoms with Gasteiger partial charge in [-0.2, -0.15) is 0 Å². The molecule has 0 aliphatic carbocycles. The first-order valence-electron chi connectivity index (χ1n) is 3.61. The Kier molecular flexibility index (Phi) is 1.66. The van der Waals surface area contributed by atoms with E-state index in [0.29, 0.717) is 5.02 Å². The Morgan fingerprint density at radius 1 is 1.58 bits per heavy atom. The van der Waals surface area contributed by atoms with E-state index in [1.54, 1.807) is 12.4 Å². The molecule has 0 spiro atoms. The molecule has 0 aliphatic rings. The molecule has 0 radical (unpaired) electrons. The van der Waals surface area contributed by atoms with Gasteiger partial charge in [0.2, 0.25) is 0 Å². The fourth-order valence-corrected chi connectivity index (χ4v) is 1.31. The van der Waals surface area contributed by atoms with Gasteiger partial charge < -0.3 is 10.3 Å². The Hall–Kier alpha value is -1.22. The van der Waals surface area contributed by atoms with Gasteiger partial charge in [0, 0.05) is 18.6 Å². The number of H-pyrrole nitrogens is 1. The minimum absolute atomic E-state index is 0.703. The van der Waals surface area contributed by atoms with Crippen molar-refractivity contribution < 1.29 is 0 Å². The molecular weight excluding hydrogens is 174 g/mol. The van der Waals surface area contributed by atoms with Crippen LogP contribution in [0, 0.1) is 0 Å². The van der Waals surface area contributed by atoms with E-state index in [0.717, 1.165) is 16.7 Å². The maximum atomic E-state index is 5.90. The molecule has 0 unspecified atom stereocenters. The number of rotatable bonds is 1. The average molecular weight is 182 g/mol. The van der Waals surface area contributed by atoms with Gasteiger partial charge in [-0.15, -0.1) is 0 Å². The van der Waals surface area contributed by atoms with E-state index in [-0.39, 0.29) is 0 Å². The van der Waals surface area contributed by atoms with Crippen LogP contribution in [0.25, 0.3) is 11.0 Å². The molecule has 0 aromatic carbocycles. The second kappa shape index (κ2) is 2.68. The average Bonchev–Trinajstić information content (AvgIpc) is 2.47. The minimum atomic E-state index is 0.703. The standard InChI is InChI=1S/C8H8ClN3/c1-10-5-2-6-7(9)4-12-8(6)11-3-5/h2-4,10H,1H3,(H,11,12). The van der Waals surface area contributed by atoms with E-state index in [4.69, 9.17) is 11.6 Å². The van der Waals surface area contributed by atoms with Crippen molar-refractivity contribution in [3.63, 3.8) is 0 Å². The highest BCUT2D eigenvalue weighted by molar-refractivity contribution is 6.35. The van der Waals surface area contributed by atoms with E-state index >= 15 is 0 Å². The Balaban J connectivity index is 2.71. The molecule has 0 atom stereocenters. The second-order valence-electron chi connectivity index (χ2n) is 2.51. The number of nitrogens with one attached hydrogen (secondary N) is 2. The van der Waals surface area contributed by atoms with Gasteiger partial charge in [0.15, 0.2) is 0 Å². The number of aromatic nitrogens is 2. The lowest BCUT2D eigenvalue weighted by atomic mass is 10.3. The summed E-state index contributed by atoms with van der Waals surface area (Å²) in [5.41, 5.74) is 1.78. The minimum Gasteiger partial charge on any atom is -0.387 e. The third kappa shape index (κ3) is 1.02. The van der Waals surface area contributed by atoms with Crippen LogP contribution < -0.4 is 5.32 Å². The Morgan fingerprint density at radius 3 is 3.17 bits per heavy atom. The number of hydrogen-bond donors (Lipinski definition) is 2. The molecule has 0 fully saturated rings. The number of pyridine rings is 1. The van der Waals surface area contributed by atoms with E-state index < -0.39 is 0 Å². The predicted molar refractivity (Wildman–Crippen MR) is 50.7 cm³/mol. The molecule has 2 heterocycles. The molecule has 2 N–H and O–H groups in total. The van der Waals surface area contributed by atoms with Crippen LogP contribution in [0.4, 0.5) is 5.69 Å². The molecular formula is C8H8ClN3. The van der Waals surface area contributed by atoms with Crippen molar-refractivity contribution >= 4 is 28.3 Å². The molecule has 2 aromatic heterocycles. The molecule has 0 saturated carbocycles. The molecule has 0 bridgehead atoms. The predicted octanol–water partition coefficient (Wildman–Crippen LogP) is 2.26. The third-order valence-corrected chi connectivity index (χ3v) is 2.08. The van der Waals surface area contributed by atoms with Crippen LogP contribution >= 0.6 is 11.6 Å². The van der Waals surface area contributed by atoms with E-state index in [9.17, 15) is 0 Å². The number of fused-ring (bicyclic) bond motifs is 1. The Labute approximate surface area is 74.8 Å². The summed E-state index contributed by atoms with van der Waals surface area (Å²) in [5, 5.41) is 4.65. The number of anilines is 1. The second-order valence-corrected chi connectivity index (χ2v) is 2.91. The van der Waals surface area contributed by atoms with E-state index in [1.165, 1.54) is 0 Å². The van der Waals surface area contributed by atoms with Gasteiger partial charge in [0.05, 0.1) is 16.9 Å². The van der Waals surface area contributed by atoms with Crippen LogP contribution in [0.3, 0.4) is 0 Å². The zero-order valence-electron chi connectivity index (χ0n) is 6.56. The topological polar surface area (TPSA) is 40.7 Å². The van der Waals surface area contributed by atoms with Gasteiger partial charge in [-0.25, -0.2) is 4.98 Å². The van der Waals surface area contributed by atoms with Crippen molar-refractivity contribution in [2.45, 2.75) is 0 Å². The SMILES string of the molecule is CNc1cnc2[nH]cc(Cl)c2c1. The van der Waals surface area contributed by atoms with Crippen LogP contribution in [-0.4, -0.2) is 17.0 Å². The highest BCUT2D eigenvalue weighted by atomic mass is 35.5. The van der Waals surface area contributed by atoms with Crippen LogP contribution in [0.1, 0.15) is 0 Å². The number of aromatic amines is 1. The maximum Gasteiger partial charge on any atom is 0.138 e. The van der Waals surface area contributed by atoms with Crippen molar-refractivity contribution in [3.05, 3.63) is 23.5 Å². The smallest absolute Gasteiger partial charge is 0.138 e. The van der Waals surface area contributed by atoms with Gasteiger partial charge in [0.1, 0.15) is 5.65 Å². The first-order valence-corrected chi connectivity index (χ1v) is 3.99. The lowest BCUT2D eigenvalue weighted by molar-refractivity contribution is 1.31. The van der Waals surface area contributed by atoms with Gasteiger partial charge in [0.25, 0.3) is 0 Å². The van der Waals surface area contributed by atoms with Gasteiger partial charge in [-0.1, -0.05) is 11.6 Å². The van der Waals surface area contributed by atoms with Crippen molar-refractivity contribution in [1.29, 1.82) is 0 Å². The van der Waals surface area contributed by atoms with Crippen molar-refractivity contribution in [2.75, 3.05) is 12.4 Å². The van der Waals surface area contributed by atoms with E-state index in [2.05, 4.69) is 15.3 Å². The summed E-state index contributed by atoms with van der Waals surface area (Å²) in [4.78, 5) is 7.14. The molecule has 0 amide bonds. The summed E-state index contributed by atoms with van der Waals surface area (Å²) in [6.07, 6.45) is 3.49. The zero-order chi connectivity index (χ0) is 8.55. The summed E-state index contributed by atoms with van der Waals surface area (Å²) < 4.78 is 0. The fourth-order valence-electron chi connectivity index (χ4n) is 1.11. The quantitative estimate of drug-likeness (QED) is 0.709. The normalized spacial score (nSPS) is 10.5. The first-order chi connectivity index (χ1) is 5.81. The largest absolute Gasteiger partial charge is 0.387 e. The summed E-state index contributed by atoms with van der Waals surface area (Å²) >= 11 is 5.90. The summed E-state index contributed by atoms with van der Waals surface area (Å²) in [7, 11) is 1.85.